The minimum Gasteiger partial charge on any atom is -0.481 e. The molecule has 0 atom stereocenters. The van der Waals surface area contributed by atoms with Crippen molar-refractivity contribution in [1.82, 2.24) is 9.97 Å². The highest BCUT2D eigenvalue weighted by atomic mass is 16.5. The number of carbonyl (C=O) groups excluding carboxylic acids is 1. The zero-order valence-electron chi connectivity index (χ0n) is 13.3. The van der Waals surface area contributed by atoms with Crippen LogP contribution in [0.1, 0.15) is 22.3 Å². The van der Waals surface area contributed by atoms with Crippen LogP contribution in [0.4, 0.5) is 5.69 Å². The fourth-order valence-electron chi connectivity index (χ4n) is 2.11. The summed E-state index contributed by atoms with van der Waals surface area (Å²) in [6, 6.07) is 6.95. The number of hydrogen-bond donors (Lipinski definition) is 2. The highest BCUT2D eigenvalue weighted by molar-refractivity contribution is 6.07. The molecule has 0 aliphatic rings. The minimum absolute atomic E-state index is 0.0194. The van der Waals surface area contributed by atoms with E-state index >= 15 is 0 Å². The second-order valence-corrected chi connectivity index (χ2v) is 4.82. The Kier molecular flexibility index (Phi) is 5.67. The highest BCUT2D eigenvalue weighted by Crippen LogP contribution is 2.24. The number of nitrogens with one attached hydrogen (secondary N) is 1. The maximum atomic E-state index is 12.5. The lowest BCUT2D eigenvalue weighted by molar-refractivity contribution is -0.136. The first-order valence-electron chi connectivity index (χ1n) is 7.10. The number of carbonyl (C=O) groups is 2. The van der Waals surface area contributed by atoms with Gasteiger partial charge in [0, 0.05) is 12.1 Å². The van der Waals surface area contributed by atoms with Gasteiger partial charge in [-0.25, -0.2) is 9.97 Å². The van der Waals surface area contributed by atoms with Crippen molar-refractivity contribution in [2.75, 3.05) is 19.5 Å². The third-order valence-corrected chi connectivity index (χ3v) is 3.20. The van der Waals surface area contributed by atoms with Crippen molar-refractivity contribution >= 4 is 17.6 Å². The molecule has 0 saturated heterocycles. The maximum Gasteiger partial charge on any atom is 0.303 e. The number of benzene rings is 1. The Balaban J connectivity index is 2.21. The standard InChI is InChI=1S/C16H17N3O5/c1-23-15-13(16(24-2)18-9-17-15)14(22)19-11-5-3-4-10(8-11)6-7-12(20)21/h3-5,8-9H,6-7H2,1-2H3,(H,19,22)(H,20,21). The number of ether oxygens (including phenoxy) is 2. The van der Waals surface area contributed by atoms with Crippen LogP contribution in [0.25, 0.3) is 0 Å². The molecule has 0 bridgehead atoms. The van der Waals surface area contributed by atoms with Gasteiger partial charge in [-0.15, -0.1) is 0 Å². The summed E-state index contributed by atoms with van der Waals surface area (Å²) in [5, 5.41) is 11.5. The number of aromatic nitrogens is 2. The summed E-state index contributed by atoms with van der Waals surface area (Å²) in [6.07, 6.45) is 1.63. The lowest BCUT2D eigenvalue weighted by Gasteiger charge is -2.11. The van der Waals surface area contributed by atoms with Crippen LogP contribution in [0.5, 0.6) is 11.8 Å². The van der Waals surface area contributed by atoms with Crippen molar-refractivity contribution in [3.8, 4) is 11.8 Å². The predicted molar refractivity (Wildman–Crippen MR) is 85.5 cm³/mol. The van der Waals surface area contributed by atoms with Crippen LogP contribution in [-0.4, -0.2) is 41.2 Å². The number of amides is 1. The van der Waals surface area contributed by atoms with Gasteiger partial charge in [0.2, 0.25) is 11.8 Å². The molecule has 8 heteroatoms. The zero-order chi connectivity index (χ0) is 17.5. The van der Waals surface area contributed by atoms with Crippen LogP contribution in [0.3, 0.4) is 0 Å². The van der Waals surface area contributed by atoms with E-state index in [-0.39, 0.29) is 23.7 Å². The summed E-state index contributed by atoms with van der Waals surface area (Å²) in [7, 11) is 2.79. The molecule has 0 unspecified atom stereocenters. The fraction of sp³-hybridized carbons (Fsp3) is 0.250. The Morgan fingerprint density at radius 2 is 1.83 bits per heavy atom. The molecule has 126 valence electrons. The molecule has 2 aromatic rings. The molecule has 1 amide bonds. The molecule has 2 N–H and O–H groups in total. The molecule has 0 radical (unpaired) electrons. The largest absolute Gasteiger partial charge is 0.481 e. The average molecular weight is 331 g/mol. The van der Waals surface area contributed by atoms with Gasteiger partial charge >= 0.3 is 5.97 Å². The molecule has 0 aliphatic carbocycles. The summed E-state index contributed by atoms with van der Waals surface area (Å²) in [5.74, 6) is -1.16. The molecule has 1 heterocycles. The average Bonchev–Trinajstić information content (AvgIpc) is 2.59. The van der Waals surface area contributed by atoms with Crippen molar-refractivity contribution in [1.29, 1.82) is 0 Å². The number of anilines is 1. The zero-order valence-corrected chi connectivity index (χ0v) is 13.3. The number of hydrogen-bond acceptors (Lipinski definition) is 6. The first-order valence-corrected chi connectivity index (χ1v) is 7.10. The summed E-state index contributed by atoms with van der Waals surface area (Å²) in [4.78, 5) is 30.9. The molecule has 1 aromatic heterocycles. The van der Waals surface area contributed by atoms with E-state index in [1.165, 1.54) is 20.5 Å². The molecule has 0 aliphatic heterocycles. The fourth-order valence-corrected chi connectivity index (χ4v) is 2.11. The number of carboxylic acids is 1. The van der Waals surface area contributed by atoms with E-state index in [0.29, 0.717) is 12.1 Å². The van der Waals surface area contributed by atoms with Crippen LogP contribution in [0.15, 0.2) is 30.6 Å². The number of aryl methyl sites for hydroxylation is 1. The first-order chi connectivity index (χ1) is 11.5. The van der Waals surface area contributed by atoms with Gasteiger partial charge in [0.05, 0.1) is 14.2 Å². The predicted octanol–water partition coefficient (Wildman–Crippen LogP) is 1.76. The summed E-state index contributed by atoms with van der Waals surface area (Å²) >= 11 is 0. The van der Waals surface area contributed by atoms with Gasteiger partial charge in [0.25, 0.3) is 5.91 Å². The van der Waals surface area contributed by atoms with Crippen molar-refractivity contribution in [2.45, 2.75) is 12.8 Å². The number of carboxylic acid groups (broad SMARTS) is 1. The van der Waals surface area contributed by atoms with Gasteiger partial charge in [0.15, 0.2) is 5.56 Å². The van der Waals surface area contributed by atoms with E-state index in [1.807, 2.05) is 0 Å². The molecule has 2 rings (SSSR count). The second kappa shape index (κ2) is 7.91. The molecular formula is C16H17N3O5. The van der Waals surface area contributed by atoms with Crippen molar-refractivity contribution in [3.63, 3.8) is 0 Å². The van der Waals surface area contributed by atoms with Gasteiger partial charge in [-0.05, 0) is 24.1 Å². The van der Waals surface area contributed by atoms with Crippen molar-refractivity contribution in [3.05, 3.63) is 41.7 Å². The van der Waals surface area contributed by atoms with Gasteiger partial charge < -0.3 is 19.9 Å². The van der Waals surface area contributed by atoms with Crippen LogP contribution in [0, 0.1) is 0 Å². The molecule has 24 heavy (non-hydrogen) atoms. The Labute approximate surface area is 138 Å². The van der Waals surface area contributed by atoms with E-state index in [0.717, 1.165) is 5.56 Å². The van der Waals surface area contributed by atoms with Gasteiger partial charge in [0.1, 0.15) is 6.33 Å². The Morgan fingerprint density at radius 3 is 2.42 bits per heavy atom. The van der Waals surface area contributed by atoms with E-state index in [4.69, 9.17) is 14.6 Å². The topological polar surface area (TPSA) is 111 Å². The van der Waals surface area contributed by atoms with E-state index in [9.17, 15) is 9.59 Å². The third-order valence-electron chi connectivity index (χ3n) is 3.20. The lowest BCUT2D eigenvalue weighted by Crippen LogP contribution is -2.16. The molecule has 0 fully saturated rings. The monoisotopic (exact) mass is 331 g/mol. The van der Waals surface area contributed by atoms with Crippen LogP contribution in [-0.2, 0) is 11.2 Å². The van der Waals surface area contributed by atoms with Crippen molar-refractivity contribution < 1.29 is 24.2 Å². The Hall–Kier alpha value is -3.16. The molecular weight excluding hydrogens is 314 g/mol. The molecule has 0 saturated carbocycles. The molecule has 0 spiro atoms. The number of nitrogens with zero attached hydrogens (tertiary/aromatic N) is 2. The van der Waals surface area contributed by atoms with Crippen LogP contribution < -0.4 is 14.8 Å². The summed E-state index contributed by atoms with van der Waals surface area (Å²) in [5.41, 5.74) is 1.41. The first kappa shape index (κ1) is 17.2. The molecule has 8 nitrogen and oxygen atoms in total. The lowest BCUT2D eigenvalue weighted by atomic mass is 10.1. The van der Waals surface area contributed by atoms with Crippen LogP contribution in [0.2, 0.25) is 0 Å². The second-order valence-electron chi connectivity index (χ2n) is 4.82. The smallest absolute Gasteiger partial charge is 0.303 e. The number of rotatable bonds is 7. The third kappa shape index (κ3) is 4.19. The van der Waals surface area contributed by atoms with Crippen LogP contribution >= 0.6 is 0 Å². The maximum absolute atomic E-state index is 12.5. The van der Waals surface area contributed by atoms with Crippen molar-refractivity contribution in [2.24, 2.45) is 0 Å². The van der Waals surface area contributed by atoms with Gasteiger partial charge in [-0.2, -0.15) is 0 Å². The van der Waals surface area contributed by atoms with Gasteiger partial charge in [-0.3, -0.25) is 9.59 Å². The van der Waals surface area contributed by atoms with E-state index < -0.39 is 11.9 Å². The summed E-state index contributed by atoms with van der Waals surface area (Å²) < 4.78 is 10.2. The quantitative estimate of drug-likeness (QED) is 0.795. The van der Waals surface area contributed by atoms with E-state index in [1.54, 1.807) is 24.3 Å². The summed E-state index contributed by atoms with van der Waals surface area (Å²) in [6.45, 7) is 0. The minimum atomic E-state index is -0.875. The highest BCUT2D eigenvalue weighted by Gasteiger charge is 2.21. The Morgan fingerprint density at radius 1 is 1.17 bits per heavy atom. The normalized spacial score (nSPS) is 10.1. The molecule has 1 aromatic carbocycles. The number of aliphatic carboxylic acids is 1. The van der Waals surface area contributed by atoms with E-state index in [2.05, 4.69) is 15.3 Å². The van der Waals surface area contributed by atoms with Gasteiger partial charge in [-0.1, -0.05) is 12.1 Å². The Bertz CT molecular complexity index is 726. The SMILES string of the molecule is COc1ncnc(OC)c1C(=O)Nc1cccc(CCC(=O)O)c1. The number of methoxy groups -OCH3 is 2.